The van der Waals surface area contributed by atoms with E-state index in [1.54, 1.807) is 61.3 Å². The van der Waals surface area contributed by atoms with E-state index in [0.29, 0.717) is 39.8 Å². The van der Waals surface area contributed by atoms with Gasteiger partial charge in [0, 0.05) is 30.4 Å². The number of nitrogens with zero attached hydrogens (tertiary/aromatic N) is 2. The minimum absolute atomic E-state index is 0.144. The van der Waals surface area contributed by atoms with E-state index in [2.05, 4.69) is 11.7 Å². The molecular formula is C42H52N4O9. The minimum Gasteiger partial charge on any atom is -0.508 e. The molecule has 13 nitrogen and oxygen atoms in total. The molecule has 0 aromatic heterocycles. The van der Waals surface area contributed by atoms with E-state index in [1.165, 1.54) is 20.8 Å². The number of β-lactam (4-membered cyclic amide) rings is 2. The highest BCUT2D eigenvalue weighted by molar-refractivity contribution is 6.09. The van der Waals surface area contributed by atoms with Gasteiger partial charge in [-0.3, -0.25) is 35.9 Å². The first-order chi connectivity index (χ1) is 25.8. The van der Waals surface area contributed by atoms with E-state index >= 15 is 0 Å². The highest BCUT2D eigenvalue weighted by atomic mass is 16.5. The smallest absolute Gasteiger partial charge is 0.308 e. The molecule has 2 fully saturated rings. The molecule has 4 aromatic carbocycles. The van der Waals surface area contributed by atoms with Gasteiger partial charge in [0.2, 0.25) is 0 Å². The fourth-order valence-electron chi connectivity index (χ4n) is 6.97. The number of aromatic hydroxyl groups is 1. The molecule has 4 atom stereocenters. The topological polar surface area (TPSA) is 198 Å². The molecule has 4 aromatic rings. The molecule has 2 saturated heterocycles. The number of methoxy groups -OCH3 is 2. The Bertz CT molecular complexity index is 2130. The third-order valence-corrected chi connectivity index (χ3v) is 10.4. The largest absolute Gasteiger partial charge is 0.508 e. The van der Waals surface area contributed by atoms with Crippen molar-refractivity contribution in [1.29, 1.82) is 0 Å². The first-order valence-corrected chi connectivity index (χ1v) is 17.6. The van der Waals surface area contributed by atoms with Crippen LogP contribution >= 0.6 is 0 Å². The van der Waals surface area contributed by atoms with E-state index in [0.717, 1.165) is 33.4 Å². The maximum atomic E-state index is 12.7. The number of rotatable bonds is 7. The number of aryl methyl sites for hydroxylation is 4. The zero-order chi connectivity index (χ0) is 41.3. The summed E-state index contributed by atoms with van der Waals surface area (Å²) in [6.45, 7) is 15.8. The van der Waals surface area contributed by atoms with Crippen molar-refractivity contribution < 1.29 is 43.9 Å². The number of aliphatic hydroxyl groups is 2. The van der Waals surface area contributed by atoms with Crippen LogP contribution in [-0.4, -0.2) is 58.5 Å². The number of ether oxygens (including phenoxy) is 3. The van der Waals surface area contributed by atoms with Crippen LogP contribution in [0.25, 0.3) is 0 Å². The number of hydrazine groups is 1. The second-order valence-corrected chi connectivity index (χ2v) is 14.3. The Kier molecular flexibility index (Phi) is 12.4. The molecule has 2 aliphatic rings. The molecular weight excluding hydrogens is 704 g/mol. The van der Waals surface area contributed by atoms with Gasteiger partial charge in [-0.2, -0.15) is 0 Å². The Labute approximate surface area is 322 Å². The second kappa shape index (κ2) is 16.1. The van der Waals surface area contributed by atoms with Gasteiger partial charge in [0.05, 0.1) is 26.3 Å². The fourth-order valence-corrected chi connectivity index (χ4v) is 6.97. The number of nitrogens with two attached hydrogens (primary N) is 2. The van der Waals surface area contributed by atoms with Crippen molar-refractivity contribution in [2.45, 2.75) is 85.6 Å². The molecule has 13 heteroatoms. The first kappa shape index (κ1) is 42.3. The molecule has 2 aliphatic heterocycles. The van der Waals surface area contributed by atoms with Crippen molar-refractivity contribution in [1.82, 2.24) is 0 Å². The molecule has 2 amide bonds. The van der Waals surface area contributed by atoms with Crippen LogP contribution in [0.3, 0.4) is 0 Å². The number of phenolic OH excluding ortho intramolecular Hbond substituents is 1. The zero-order valence-electron chi connectivity index (χ0n) is 33.3. The molecule has 294 valence electrons. The van der Waals surface area contributed by atoms with Crippen LogP contribution in [0.4, 0.5) is 11.4 Å². The van der Waals surface area contributed by atoms with Crippen molar-refractivity contribution >= 4 is 29.2 Å². The second-order valence-electron chi connectivity index (χ2n) is 14.3. The Balaban J connectivity index is 0.000000235. The van der Waals surface area contributed by atoms with Gasteiger partial charge in [0.15, 0.2) is 11.2 Å². The van der Waals surface area contributed by atoms with Gasteiger partial charge < -0.3 is 29.5 Å². The molecule has 0 saturated carbocycles. The number of carbonyl (C=O) groups is 3. The highest BCUT2D eigenvalue weighted by Crippen LogP contribution is 2.49. The van der Waals surface area contributed by atoms with Crippen molar-refractivity contribution in [3.63, 3.8) is 0 Å². The lowest BCUT2D eigenvalue weighted by atomic mass is 9.78. The summed E-state index contributed by atoms with van der Waals surface area (Å²) in [6, 6.07) is 16.8. The average molecular weight is 757 g/mol. The van der Waals surface area contributed by atoms with E-state index in [9.17, 15) is 29.7 Å². The van der Waals surface area contributed by atoms with Crippen LogP contribution in [-0.2, 0) is 14.4 Å². The minimum atomic E-state index is -1.56. The van der Waals surface area contributed by atoms with Gasteiger partial charge in [-0.1, -0.05) is 24.3 Å². The molecule has 0 radical (unpaired) electrons. The SMILES string of the molecule is COc1cc(N2C(=O)[C@](C)(O)[C@@H]2c2ccc(C)c(O)c2)cc(C)c1C.COc1cc(N2C(=O)[C@](C)(O)[C@@H]2c2ccc(C)c(OC(C)=O)c2)cc(C)c1C.NN. The number of amides is 2. The molecule has 2 heterocycles. The number of hydrogen-bond acceptors (Lipinski definition) is 11. The summed E-state index contributed by atoms with van der Waals surface area (Å²) < 4.78 is 16.1. The number of phenols is 1. The molecule has 0 bridgehead atoms. The quantitative estimate of drug-likeness (QED) is 0.0535. The Morgan fingerprint density at radius 2 is 1.04 bits per heavy atom. The van der Waals surface area contributed by atoms with Crippen molar-refractivity contribution in [3.8, 4) is 23.0 Å². The lowest BCUT2D eigenvalue weighted by Gasteiger charge is -2.51. The van der Waals surface area contributed by atoms with Gasteiger partial charge >= 0.3 is 5.97 Å². The summed E-state index contributed by atoms with van der Waals surface area (Å²) in [5.41, 5.74) is 5.13. The fraction of sp³-hybridized carbons (Fsp3) is 0.357. The number of hydrogen-bond donors (Lipinski definition) is 5. The normalized spacial score (nSPS) is 21.3. The van der Waals surface area contributed by atoms with E-state index in [1.807, 2.05) is 65.0 Å². The van der Waals surface area contributed by atoms with E-state index in [-0.39, 0.29) is 11.7 Å². The molecule has 55 heavy (non-hydrogen) atoms. The number of benzene rings is 4. The summed E-state index contributed by atoms with van der Waals surface area (Å²) in [5.74, 6) is 8.74. The van der Waals surface area contributed by atoms with Gasteiger partial charge in [-0.15, -0.1) is 0 Å². The van der Waals surface area contributed by atoms with E-state index in [4.69, 9.17) is 14.2 Å². The maximum Gasteiger partial charge on any atom is 0.308 e. The summed E-state index contributed by atoms with van der Waals surface area (Å²) in [6.07, 6.45) is 0. The Hall–Kier alpha value is -5.47. The predicted molar refractivity (Wildman–Crippen MR) is 210 cm³/mol. The van der Waals surface area contributed by atoms with Gasteiger partial charge in [0.1, 0.15) is 23.0 Å². The van der Waals surface area contributed by atoms with Gasteiger partial charge in [-0.05, 0) is 124 Å². The summed E-state index contributed by atoms with van der Waals surface area (Å²) >= 11 is 0. The Morgan fingerprint density at radius 1 is 0.636 bits per heavy atom. The number of carbonyl (C=O) groups excluding carboxylic acids is 3. The van der Waals surface area contributed by atoms with Crippen LogP contribution in [0, 0.1) is 41.5 Å². The number of anilines is 2. The average Bonchev–Trinajstić information content (AvgIpc) is 3.14. The molecule has 0 spiro atoms. The standard InChI is InChI=1S/C22H25NO5.C20H23NO4.H4N2/c1-12-7-8-16(10-18(12)28-15(4)24)20-22(5,26)21(25)23(20)17-9-13(2)14(3)19(11-17)27-6;1-11-6-7-14(9-16(11)22)18-20(4,24)19(23)21(18)15-8-12(2)13(3)17(10-15)25-5;1-2/h7-11,20,26H,1-6H3;6-10,18,22,24H,1-5H3;1-2H2/t20-,22+;18-,20+;/m00./s1. The first-order valence-electron chi connectivity index (χ1n) is 17.6. The van der Waals surface area contributed by atoms with Crippen LogP contribution < -0.4 is 35.7 Å². The predicted octanol–water partition coefficient (Wildman–Crippen LogP) is 5.37. The molecule has 7 N–H and O–H groups in total. The summed E-state index contributed by atoms with van der Waals surface area (Å²) in [7, 11) is 3.18. The highest BCUT2D eigenvalue weighted by Gasteiger charge is 2.59. The van der Waals surface area contributed by atoms with Crippen LogP contribution in [0.1, 0.15) is 77.4 Å². The van der Waals surface area contributed by atoms with Crippen LogP contribution in [0.15, 0.2) is 60.7 Å². The lowest BCUT2D eigenvalue weighted by Crippen LogP contribution is -2.67. The van der Waals surface area contributed by atoms with Gasteiger partial charge in [-0.25, -0.2) is 0 Å². The Morgan fingerprint density at radius 3 is 1.42 bits per heavy atom. The van der Waals surface area contributed by atoms with Gasteiger partial charge in [0.25, 0.3) is 11.8 Å². The van der Waals surface area contributed by atoms with Crippen molar-refractivity contribution in [2.24, 2.45) is 11.7 Å². The maximum absolute atomic E-state index is 12.7. The summed E-state index contributed by atoms with van der Waals surface area (Å²) in [4.78, 5) is 39.8. The third kappa shape index (κ3) is 7.74. The van der Waals surface area contributed by atoms with Crippen LogP contribution in [0.5, 0.6) is 23.0 Å². The van der Waals surface area contributed by atoms with E-state index < -0.39 is 35.2 Å². The number of esters is 1. The van der Waals surface area contributed by atoms with Crippen molar-refractivity contribution in [3.05, 3.63) is 105 Å². The van der Waals surface area contributed by atoms with Crippen molar-refractivity contribution in [2.75, 3.05) is 24.0 Å². The summed E-state index contributed by atoms with van der Waals surface area (Å²) in [5, 5.41) is 31.4. The van der Waals surface area contributed by atoms with Crippen LogP contribution in [0.2, 0.25) is 0 Å². The molecule has 0 unspecified atom stereocenters. The third-order valence-electron chi connectivity index (χ3n) is 10.4. The molecule has 6 rings (SSSR count). The lowest BCUT2D eigenvalue weighted by molar-refractivity contribution is -0.151. The monoisotopic (exact) mass is 756 g/mol. The molecule has 0 aliphatic carbocycles. The zero-order valence-corrected chi connectivity index (χ0v) is 33.3.